The Morgan fingerprint density at radius 1 is 0.470 bits per heavy atom. The van der Waals surface area contributed by atoms with Crippen LogP contribution in [0.2, 0.25) is 0 Å². The first-order valence-electron chi connectivity index (χ1n) is 19.5. The highest BCUT2D eigenvalue weighted by Gasteiger charge is 2.74. The molecule has 0 radical (unpaired) electrons. The van der Waals surface area contributed by atoms with Crippen LogP contribution < -0.4 is 16.0 Å². The van der Waals surface area contributed by atoms with E-state index in [2.05, 4.69) is 22.5 Å². The highest BCUT2D eigenvalue weighted by molar-refractivity contribution is 6.09. The maximum Gasteiger partial charge on any atom is 0.411 e. The normalized spacial score (nSPS) is 12.6. The lowest BCUT2D eigenvalue weighted by Gasteiger charge is -2.39. The topological polar surface area (TPSA) is 96.5 Å². The molecule has 350 valence electrons. The molecule has 0 saturated carbocycles. The van der Waals surface area contributed by atoms with Crippen molar-refractivity contribution in [3.8, 4) is 0 Å². The molecular weight excluding hydrogens is 899 g/mol. The second-order valence-electron chi connectivity index (χ2n) is 15.4. The van der Waals surface area contributed by atoms with E-state index in [-0.39, 0.29) is 40.0 Å². The fourth-order valence-electron chi connectivity index (χ4n) is 7.38. The molecule has 0 fully saturated rings. The van der Waals surface area contributed by atoms with Gasteiger partial charge in [-0.15, -0.1) is 0 Å². The van der Waals surface area contributed by atoms with Crippen LogP contribution in [0.3, 0.4) is 0 Å². The molecule has 66 heavy (non-hydrogen) atoms. The molecule has 7 nitrogen and oxygen atoms in total. The minimum absolute atomic E-state index is 0.000386. The van der Waals surface area contributed by atoms with Crippen LogP contribution >= 0.6 is 0 Å². The predicted octanol–water partition coefficient (Wildman–Crippen LogP) is 13.3. The van der Waals surface area contributed by atoms with Crippen molar-refractivity contribution in [1.29, 1.82) is 0 Å². The number of aryl methyl sites for hydroxylation is 5. The van der Waals surface area contributed by atoms with Gasteiger partial charge in [-0.1, -0.05) is 73.3 Å². The first-order valence-corrected chi connectivity index (χ1v) is 19.5. The van der Waals surface area contributed by atoms with Crippen molar-refractivity contribution in [1.82, 2.24) is 0 Å². The Balaban J connectivity index is 1.51. The lowest BCUT2D eigenvalue weighted by molar-refractivity contribution is -0.290. The zero-order valence-corrected chi connectivity index (χ0v) is 35.4. The molecule has 0 aliphatic carbocycles. The van der Waals surface area contributed by atoms with E-state index in [0.717, 1.165) is 60.7 Å². The molecule has 19 heteroatoms. The Kier molecular flexibility index (Phi) is 13.9. The first kappa shape index (κ1) is 50.2. The van der Waals surface area contributed by atoms with Crippen LogP contribution in [-0.2, 0) is 15.6 Å². The van der Waals surface area contributed by atoms with Crippen molar-refractivity contribution < 1.29 is 71.8 Å². The van der Waals surface area contributed by atoms with Crippen molar-refractivity contribution in [2.24, 2.45) is 0 Å². The molecule has 3 amide bonds. The molecule has 0 aliphatic rings. The molecule has 5 aromatic carbocycles. The van der Waals surface area contributed by atoms with Crippen molar-refractivity contribution >= 4 is 35.0 Å². The van der Waals surface area contributed by atoms with E-state index < -0.39 is 92.8 Å². The number of nitrogens with one attached hydrogen (secondary N) is 3. The summed E-state index contributed by atoms with van der Waals surface area (Å²) in [6.45, 7) is 9.79. The Morgan fingerprint density at radius 3 is 1.14 bits per heavy atom. The van der Waals surface area contributed by atoms with Gasteiger partial charge in [0.1, 0.15) is 6.61 Å². The number of carbonyl (C=O) groups excluding carboxylic acids is 3. The average Bonchev–Trinajstić information content (AvgIpc) is 3.20. The second kappa shape index (κ2) is 18.2. The van der Waals surface area contributed by atoms with Crippen molar-refractivity contribution in [2.75, 3.05) is 22.6 Å². The van der Waals surface area contributed by atoms with E-state index >= 15 is 26.3 Å². The van der Waals surface area contributed by atoms with Gasteiger partial charge < -0.3 is 15.4 Å². The Morgan fingerprint density at radius 2 is 0.803 bits per heavy atom. The molecule has 0 unspecified atom stereocenters. The predicted molar refractivity (Wildman–Crippen MR) is 223 cm³/mol. The molecule has 0 atom stereocenters. The third kappa shape index (κ3) is 9.33. The van der Waals surface area contributed by atoms with Gasteiger partial charge in [0.05, 0.1) is 0 Å². The molecule has 0 aromatic heterocycles. The van der Waals surface area contributed by atoms with Crippen LogP contribution in [0.25, 0.3) is 0 Å². The number of benzene rings is 5. The molecule has 3 N–H and O–H groups in total. The third-order valence-electron chi connectivity index (χ3n) is 11.1. The Bertz CT molecular complexity index is 2660. The molecular formula is C47H39F12N3O4. The van der Waals surface area contributed by atoms with E-state index in [1.807, 2.05) is 0 Å². The number of amides is 3. The summed E-state index contributed by atoms with van der Waals surface area (Å²) in [4.78, 5) is 39.4. The summed E-state index contributed by atoms with van der Waals surface area (Å²) in [5, 5.41) is 6.66. The molecule has 0 bridgehead atoms. The minimum Gasteiger partial charge on any atom is -0.445 e. The van der Waals surface area contributed by atoms with Crippen molar-refractivity contribution in [3.63, 3.8) is 0 Å². The van der Waals surface area contributed by atoms with Crippen LogP contribution in [-0.4, -0.2) is 49.2 Å². The van der Waals surface area contributed by atoms with E-state index in [1.165, 1.54) is 40.7 Å². The summed E-state index contributed by atoms with van der Waals surface area (Å²) in [5.74, 6) is -2.25. The molecule has 0 aliphatic heterocycles. The maximum atomic E-state index is 15.2. The van der Waals surface area contributed by atoms with Gasteiger partial charge in [-0.3, -0.25) is 14.9 Å². The number of ether oxygens (including phenoxy) is 1. The van der Waals surface area contributed by atoms with Gasteiger partial charge >= 0.3 is 30.8 Å². The number of halogens is 12. The summed E-state index contributed by atoms with van der Waals surface area (Å²) < 4.78 is 185. The Labute approximate surface area is 369 Å². The van der Waals surface area contributed by atoms with Crippen molar-refractivity contribution in [2.45, 2.75) is 70.2 Å². The fraction of sp³-hybridized carbons (Fsp3) is 0.255. The lowest BCUT2D eigenvalue weighted by Crippen LogP contribution is -2.54. The maximum absolute atomic E-state index is 15.2. The monoisotopic (exact) mass is 937 g/mol. The summed E-state index contributed by atoms with van der Waals surface area (Å²) in [6.07, 6.45) is -24.1. The third-order valence-corrected chi connectivity index (χ3v) is 11.1. The van der Waals surface area contributed by atoms with E-state index in [9.17, 15) is 40.7 Å². The zero-order chi connectivity index (χ0) is 49.4. The number of alkyl halides is 12. The highest BCUT2D eigenvalue weighted by Crippen LogP contribution is 2.58. The molecule has 5 rings (SSSR count). The van der Waals surface area contributed by atoms with E-state index in [1.54, 1.807) is 0 Å². The molecule has 0 spiro atoms. The number of anilines is 3. The molecule has 0 heterocycles. The van der Waals surface area contributed by atoms with Gasteiger partial charge in [0.2, 0.25) is 10.8 Å². The van der Waals surface area contributed by atoms with Crippen LogP contribution in [0.15, 0.2) is 110 Å². The Hall–Kier alpha value is -6.79. The fourth-order valence-corrected chi connectivity index (χ4v) is 7.38. The first-order chi connectivity index (χ1) is 30.5. The van der Waals surface area contributed by atoms with Crippen LogP contribution in [0.4, 0.5) is 74.5 Å². The summed E-state index contributed by atoms with van der Waals surface area (Å²) in [6, 6.07) is 13.1. The van der Waals surface area contributed by atoms with Gasteiger partial charge in [0, 0.05) is 28.2 Å². The van der Waals surface area contributed by atoms with Crippen LogP contribution in [0, 0.1) is 34.6 Å². The quantitative estimate of drug-likeness (QED) is 0.0908. The average molecular weight is 938 g/mol. The number of hydrogen-bond donors (Lipinski definition) is 3. The SMILES string of the molecule is C=CCOC(=O)Nc1cc(C(c2ccc(C)c(NC(=O)c3cccc(C(=O)Nc4cc(C(c5ccc(C)c(C)c5)(C(F)(F)F)C(F)(F)F)ccc4C)c3)c2)(C(F)(F)F)C(F)(F)F)ccc1C. The highest BCUT2D eigenvalue weighted by atomic mass is 19.4. The van der Waals surface area contributed by atoms with E-state index in [4.69, 9.17) is 4.74 Å². The van der Waals surface area contributed by atoms with Crippen molar-refractivity contribution in [3.05, 3.63) is 171 Å². The smallest absolute Gasteiger partial charge is 0.411 e. The zero-order valence-electron chi connectivity index (χ0n) is 35.4. The van der Waals surface area contributed by atoms with E-state index in [0.29, 0.717) is 42.0 Å². The lowest BCUT2D eigenvalue weighted by atomic mass is 9.72. The summed E-state index contributed by atoms with van der Waals surface area (Å²) in [7, 11) is 0. The number of rotatable bonds is 11. The van der Waals surface area contributed by atoms with Gasteiger partial charge in [-0.25, -0.2) is 4.79 Å². The summed E-state index contributed by atoms with van der Waals surface area (Å²) >= 11 is 0. The number of carbonyl (C=O) groups is 3. The molecule has 5 aromatic rings. The van der Waals surface area contributed by atoms with Gasteiger partial charge in [0.15, 0.2) is 0 Å². The van der Waals surface area contributed by atoms with Crippen LogP contribution in [0.1, 0.15) is 70.8 Å². The minimum atomic E-state index is -6.09. The summed E-state index contributed by atoms with van der Waals surface area (Å²) in [5.41, 5.74) is -15.8. The van der Waals surface area contributed by atoms with Gasteiger partial charge in [0.25, 0.3) is 11.8 Å². The number of hydrogen-bond acceptors (Lipinski definition) is 4. The van der Waals surface area contributed by atoms with Gasteiger partial charge in [-0.05, 0) is 121 Å². The standard InChI is InChI=1S/C47H39F12N3O4/c1-7-19-66-41(65)62-38-24-35(18-14-28(38)5)43(46(54,55)56,47(57,58)59)34-17-13-27(4)37(23-34)61-40(64)31-10-8-9-30(21-31)39(63)60-36-22-33(16-12-26(36)3)42(44(48,49)50,45(51,52)53)32-15-11-25(2)29(6)20-32/h7-18,20-24H,1,19H2,2-6H3,(H,60,63)(H,61,64)(H,62,65). The molecule has 0 saturated heterocycles. The second-order valence-corrected chi connectivity index (χ2v) is 15.4. The van der Waals surface area contributed by atoms with Crippen LogP contribution in [0.5, 0.6) is 0 Å². The largest absolute Gasteiger partial charge is 0.445 e. The van der Waals surface area contributed by atoms with Gasteiger partial charge in [-0.2, -0.15) is 52.7 Å².